The van der Waals surface area contributed by atoms with Crippen molar-refractivity contribution >= 4 is 0 Å². The molecule has 0 aliphatic carbocycles. The summed E-state index contributed by atoms with van der Waals surface area (Å²) in [6.07, 6.45) is 23.3. The van der Waals surface area contributed by atoms with E-state index >= 15 is 0 Å². The van der Waals surface area contributed by atoms with Gasteiger partial charge in [-0.2, -0.15) is 6.42 Å². The third-order valence-corrected chi connectivity index (χ3v) is 4.59. The molecule has 24 heavy (non-hydrogen) atoms. The molecular formula is C20H40NNaO2. The molecule has 0 aliphatic heterocycles. The zero-order valence-corrected chi connectivity index (χ0v) is 18.4. The van der Waals surface area contributed by atoms with Gasteiger partial charge < -0.3 is 6.92 Å². The minimum atomic E-state index is -0.204. The first-order valence-electron chi connectivity index (χ1n) is 10.2. The Morgan fingerprint density at radius 2 is 0.792 bits per heavy atom. The van der Waals surface area contributed by atoms with Crippen LogP contribution >= 0.6 is 0 Å². The van der Waals surface area contributed by atoms with E-state index in [0.29, 0.717) is 0 Å². The Morgan fingerprint density at radius 3 is 1.04 bits per heavy atom. The van der Waals surface area contributed by atoms with Crippen molar-refractivity contribution in [2.75, 3.05) is 6.54 Å². The molecule has 0 saturated carbocycles. The topological polar surface area (TPSA) is 43.1 Å². The van der Waals surface area contributed by atoms with Crippen LogP contribution in [0.4, 0.5) is 0 Å². The SMILES string of the molecule is [CH2-]CCCCCCCCCCCCCCCCCCC[N+](=O)[O-].[Na+]. The van der Waals surface area contributed by atoms with Gasteiger partial charge in [-0.25, -0.2) is 0 Å². The van der Waals surface area contributed by atoms with Crippen molar-refractivity contribution < 1.29 is 34.5 Å². The maximum Gasteiger partial charge on any atom is 1.00 e. The Balaban J connectivity index is 0. The molecule has 0 fully saturated rings. The van der Waals surface area contributed by atoms with Crippen molar-refractivity contribution in [3.8, 4) is 0 Å². The molecule has 0 atom stereocenters. The molecule has 0 amide bonds. The molecule has 0 aromatic carbocycles. The fraction of sp³-hybridized carbons (Fsp3) is 0.950. The number of nitro groups is 1. The van der Waals surface area contributed by atoms with Crippen LogP contribution in [0.25, 0.3) is 0 Å². The maximum atomic E-state index is 10.2. The second-order valence-electron chi connectivity index (χ2n) is 6.92. The zero-order valence-electron chi connectivity index (χ0n) is 16.4. The third kappa shape index (κ3) is 24.6. The third-order valence-electron chi connectivity index (χ3n) is 4.59. The number of nitrogens with zero attached hydrogens (tertiary/aromatic N) is 1. The largest absolute Gasteiger partial charge is 1.00 e. The van der Waals surface area contributed by atoms with Crippen molar-refractivity contribution in [1.82, 2.24) is 0 Å². The average molecular weight is 350 g/mol. The molecule has 0 heterocycles. The van der Waals surface area contributed by atoms with Crippen molar-refractivity contribution in [2.24, 2.45) is 0 Å². The van der Waals surface area contributed by atoms with E-state index in [1.165, 1.54) is 96.3 Å². The molecule has 0 saturated heterocycles. The number of unbranched alkanes of at least 4 members (excludes halogenated alkanes) is 17. The van der Waals surface area contributed by atoms with E-state index in [2.05, 4.69) is 6.92 Å². The van der Waals surface area contributed by atoms with E-state index in [1.54, 1.807) is 0 Å². The molecule has 0 aromatic heterocycles. The van der Waals surface area contributed by atoms with Gasteiger partial charge in [0.05, 0.1) is 0 Å². The minimum absolute atomic E-state index is 0. The fourth-order valence-electron chi connectivity index (χ4n) is 3.07. The van der Waals surface area contributed by atoms with E-state index in [-0.39, 0.29) is 41.0 Å². The van der Waals surface area contributed by atoms with Crippen molar-refractivity contribution in [1.29, 1.82) is 0 Å². The molecule has 0 unspecified atom stereocenters. The molecule has 0 rings (SSSR count). The van der Waals surface area contributed by atoms with E-state index in [9.17, 15) is 10.1 Å². The first-order chi connectivity index (χ1) is 11.3. The van der Waals surface area contributed by atoms with Gasteiger partial charge in [0.25, 0.3) is 0 Å². The second kappa shape index (κ2) is 23.4. The molecule has 0 radical (unpaired) electrons. The predicted molar refractivity (Wildman–Crippen MR) is 100 cm³/mol. The summed E-state index contributed by atoms with van der Waals surface area (Å²) < 4.78 is 0. The number of hydrogen-bond donors (Lipinski definition) is 0. The smallest absolute Gasteiger partial charge is 0.343 e. The molecule has 0 aromatic rings. The summed E-state index contributed by atoms with van der Waals surface area (Å²) in [5.74, 6) is 0. The maximum absolute atomic E-state index is 10.2. The average Bonchev–Trinajstić information content (AvgIpc) is 2.53. The van der Waals surface area contributed by atoms with Gasteiger partial charge in [-0.05, 0) is 6.42 Å². The van der Waals surface area contributed by atoms with Gasteiger partial charge in [0.15, 0.2) is 0 Å². The van der Waals surface area contributed by atoms with E-state index in [1.807, 2.05) is 0 Å². The van der Waals surface area contributed by atoms with Crippen LogP contribution in [-0.2, 0) is 0 Å². The van der Waals surface area contributed by atoms with Crippen LogP contribution in [0.15, 0.2) is 0 Å². The molecule has 3 nitrogen and oxygen atoms in total. The Hall–Kier alpha value is 0.400. The Morgan fingerprint density at radius 1 is 0.542 bits per heavy atom. The van der Waals surface area contributed by atoms with Gasteiger partial charge in [-0.15, -0.1) is 0 Å². The Bertz CT molecular complexity index is 250. The summed E-state index contributed by atoms with van der Waals surface area (Å²) in [7, 11) is 0. The van der Waals surface area contributed by atoms with Gasteiger partial charge in [0.1, 0.15) is 0 Å². The number of rotatable bonds is 19. The van der Waals surface area contributed by atoms with Crippen LogP contribution in [0.2, 0.25) is 0 Å². The first-order valence-corrected chi connectivity index (χ1v) is 10.2. The molecule has 0 bridgehead atoms. The molecule has 4 heteroatoms. The summed E-state index contributed by atoms with van der Waals surface area (Å²) in [6.45, 7) is 4.03. The van der Waals surface area contributed by atoms with Gasteiger partial charge in [-0.1, -0.05) is 96.3 Å². The summed E-state index contributed by atoms with van der Waals surface area (Å²) in [5.41, 5.74) is 0. The van der Waals surface area contributed by atoms with Gasteiger partial charge in [-0.3, -0.25) is 10.1 Å². The summed E-state index contributed by atoms with van der Waals surface area (Å²) in [6, 6.07) is 0. The van der Waals surface area contributed by atoms with E-state index in [0.717, 1.165) is 19.3 Å². The van der Waals surface area contributed by atoms with Crippen LogP contribution in [0.1, 0.15) is 116 Å². The summed E-state index contributed by atoms with van der Waals surface area (Å²) in [4.78, 5) is 9.97. The van der Waals surface area contributed by atoms with Crippen molar-refractivity contribution in [2.45, 2.75) is 116 Å². The van der Waals surface area contributed by atoms with Gasteiger partial charge in [0.2, 0.25) is 6.54 Å². The Labute approximate surface area is 173 Å². The summed E-state index contributed by atoms with van der Waals surface area (Å²) >= 11 is 0. The monoisotopic (exact) mass is 349 g/mol. The standard InChI is InChI=1S/C20H40NO2.Na/c1-2-3-4-5-6-7-8-9-10-11-12-13-14-15-16-17-18-19-20-21(22)23;/h1-20H2;/q-1;+1. The van der Waals surface area contributed by atoms with E-state index in [4.69, 9.17) is 0 Å². The van der Waals surface area contributed by atoms with E-state index < -0.39 is 0 Å². The summed E-state index contributed by atoms with van der Waals surface area (Å²) in [5, 5.41) is 10.2. The second-order valence-corrected chi connectivity index (χ2v) is 6.92. The number of hydrogen-bond acceptors (Lipinski definition) is 2. The van der Waals surface area contributed by atoms with Gasteiger partial charge >= 0.3 is 29.6 Å². The molecule has 0 N–H and O–H groups in total. The predicted octanol–water partition coefficient (Wildman–Crippen LogP) is 4.12. The molecule has 138 valence electrons. The quantitative estimate of drug-likeness (QED) is 0.116. The molecule has 0 aliphatic rings. The molecular weight excluding hydrogens is 309 g/mol. The van der Waals surface area contributed by atoms with Crippen LogP contribution < -0.4 is 29.6 Å². The minimum Gasteiger partial charge on any atom is -0.343 e. The van der Waals surface area contributed by atoms with Crippen LogP contribution in [-0.4, -0.2) is 11.5 Å². The zero-order chi connectivity index (χ0) is 17.0. The van der Waals surface area contributed by atoms with Crippen molar-refractivity contribution in [3.05, 3.63) is 17.0 Å². The van der Waals surface area contributed by atoms with Gasteiger partial charge in [0, 0.05) is 11.3 Å². The normalized spacial score (nSPS) is 10.5. The fourth-order valence-corrected chi connectivity index (χ4v) is 3.07. The Kier molecular flexibility index (Phi) is 26.0. The van der Waals surface area contributed by atoms with Crippen LogP contribution in [0.3, 0.4) is 0 Å². The van der Waals surface area contributed by atoms with Crippen LogP contribution in [0, 0.1) is 17.0 Å². The van der Waals surface area contributed by atoms with Crippen molar-refractivity contribution in [3.63, 3.8) is 0 Å². The molecule has 0 spiro atoms. The van der Waals surface area contributed by atoms with Crippen LogP contribution in [0.5, 0.6) is 0 Å². The first kappa shape index (κ1) is 26.6.